The molecule has 14 heteroatoms. The third-order valence-corrected chi connectivity index (χ3v) is 10.3. The number of methoxy groups -OCH3 is 2. The maximum atomic E-state index is 13.9. The first-order valence-electron chi connectivity index (χ1n) is 15.1. The molecular weight excluding hydrogens is 606 g/mol. The average Bonchev–Trinajstić information content (AvgIpc) is 3.70. The van der Waals surface area contributed by atoms with Gasteiger partial charge in [-0.3, -0.25) is 4.79 Å². The molecule has 0 radical (unpaired) electrons. The largest absolute Gasteiger partial charge is 0.497 e. The SMILES string of the molecule is COc1ccc(C[C@H](NC(=O)O[C@H]2CCO[C@H]3OCC[C@H]32)[C@H](O)CN(C[C@H]2CCC(=O)N2)S(=O)(=O)c2ccc(OC)cc2)cc1. The van der Waals surface area contributed by atoms with Crippen LogP contribution < -0.4 is 20.1 Å². The van der Waals surface area contributed by atoms with Gasteiger partial charge < -0.3 is 39.4 Å². The van der Waals surface area contributed by atoms with Crippen LogP contribution in [0, 0.1) is 5.92 Å². The zero-order chi connectivity index (χ0) is 32.0. The predicted octanol–water partition coefficient (Wildman–Crippen LogP) is 1.82. The van der Waals surface area contributed by atoms with Gasteiger partial charge in [0.2, 0.25) is 15.9 Å². The third-order valence-electron chi connectivity index (χ3n) is 8.48. The molecule has 0 unspecified atom stereocenters. The summed E-state index contributed by atoms with van der Waals surface area (Å²) in [4.78, 5) is 25.2. The van der Waals surface area contributed by atoms with Crippen LogP contribution >= 0.6 is 0 Å². The van der Waals surface area contributed by atoms with Gasteiger partial charge in [0.15, 0.2) is 6.29 Å². The summed E-state index contributed by atoms with van der Waals surface area (Å²) in [6, 6.07) is 11.7. The molecule has 45 heavy (non-hydrogen) atoms. The van der Waals surface area contributed by atoms with Crippen LogP contribution in [0.2, 0.25) is 0 Å². The lowest BCUT2D eigenvalue weighted by Crippen LogP contribution is -2.53. The molecular formula is C31H41N3O10S. The lowest BCUT2D eigenvalue weighted by Gasteiger charge is -2.34. The number of aliphatic hydroxyl groups excluding tert-OH is 1. The number of nitrogens with one attached hydrogen (secondary N) is 2. The lowest BCUT2D eigenvalue weighted by molar-refractivity contribution is -0.179. The molecule has 0 aliphatic carbocycles. The second-order valence-electron chi connectivity index (χ2n) is 11.5. The average molecular weight is 648 g/mol. The molecule has 13 nitrogen and oxygen atoms in total. The summed E-state index contributed by atoms with van der Waals surface area (Å²) < 4.78 is 56.4. The molecule has 2 amide bonds. The molecule has 6 atom stereocenters. The Morgan fingerprint density at radius 1 is 1.02 bits per heavy atom. The number of benzene rings is 2. The van der Waals surface area contributed by atoms with Crippen LogP contribution in [0.15, 0.2) is 53.4 Å². The van der Waals surface area contributed by atoms with Crippen molar-refractivity contribution in [3.05, 3.63) is 54.1 Å². The lowest BCUT2D eigenvalue weighted by atomic mass is 9.95. The van der Waals surface area contributed by atoms with Crippen molar-refractivity contribution in [3.63, 3.8) is 0 Å². The van der Waals surface area contributed by atoms with E-state index in [0.29, 0.717) is 44.0 Å². The van der Waals surface area contributed by atoms with Crippen molar-refractivity contribution in [3.8, 4) is 11.5 Å². The van der Waals surface area contributed by atoms with Crippen molar-refractivity contribution in [1.29, 1.82) is 0 Å². The first-order chi connectivity index (χ1) is 21.7. The number of carbonyl (C=O) groups excluding carboxylic acids is 2. The number of sulfonamides is 1. The molecule has 2 aromatic rings. The Morgan fingerprint density at radius 2 is 1.67 bits per heavy atom. The number of ether oxygens (including phenoxy) is 5. The number of nitrogens with zero attached hydrogens (tertiary/aromatic N) is 1. The summed E-state index contributed by atoms with van der Waals surface area (Å²) in [6.07, 6.45) is -0.745. The topological polar surface area (TPSA) is 162 Å². The van der Waals surface area contributed by atoms with Gasteiger partial charge in [0, 0.05) is 37.9 Å². The van der Waals surface area contributed by atoms with Gasteiger partial charge in [-0.05, 0) is 61.2 Å². The van der Waals surface area contributed by atoms with E-state index in [9.17, 15) is 23.1 Å². The number of aliphatic hydroxyl groups is 1. The zero-order valence-corrected chi connectivity index (χ0v) is 26.2. The summed E-state index contributed by atoms with van der Waals surface area (Å²) in [5, 5.41) is 17.2. The number of carbonyl (C=O) groups is 2. The molecule has 2 aromatic carbocycles. The summed E-state index contributed by atoms with van der Waals surface area (Å²) in [7, 11) is -1.08. The van der Waals surface area contributed by atoms with Gasteiger partial charge in [-0.15, -0.1) is 0 Å². The van der Waals surface area contributed by atoms with Crippen LogP contribution in [0.3, 0.4) is 0 Å². The van der Waals surface area contributed by atoms with Crippen LogP contribution in [0.5, 0.6) is 11.5 Å². The maximum Gasteiger partial charge on any atom is 0.407 e. The van der Waals surface area contributed by atoms with E-state index in [-0.39, 0.29) is 42.7 Å². The van der Waals surface area contributed by atoms with Crippen molar-refractivity contribution in [2.75, 3.05) is 40.5 Å². The fourth-order valence-corrected chi connectivity index (χ4v) is 7.46. The van der Waals surface area contributed by atoms with Crippen molar-refractivity contribution in [1.82, 2.24) is 14.9 Å². The standard InChI is InChI=1S/C31H41N3O10S/c1-40-22-6-3-20(4-7-22)17-26(33-31(37)44-28-14-16-43-30-25(28)13-15-42-30)27(35)19-34(18-21-5-12-29(36)32-21)45(38,39)24-10-8-23(41-2)9-11-24/h3-4,6-11,21,25-28,30,35H,5,12-19H2,1-2H3,(H,32,36)(H,33,37)/t21-,25+,26+,27-,28+,30-/m1/s1. The van der Waals surface area contributed by atoms with E-state index in [2.05, 4.69) is 10.6 Å². The predicted molar refractivity (Wildman–Crippen MR) is 161 cm³/mol. The van der Waals surface area contributed by atoms with Gasteiger partial charge in [-0.1, -0.05) is 12.1 Å². The monoisotopic (exact) mass is 647 g/mol. The maximum absolute atomic E-state index is 13.9. The minimum atomic E-state index is -4.12. The van der Waals surface area contributed by atoms with Crippen LogP contribution in [0.25, 0.3) is 0 Å². The Hall–Kier alpha value is -3.43. The highest BCUT2D eigenvalue weighted by molar-refractivity contribution is 7.89. The van der Waals surface area contributed by atoms with Crippen LogP contribution in [0.1, 0.15) is 31.2 Å². The van der Waals surface area contributed by atoms with E-state index in [1.54, 1.807) is 31.4 Å². The van der Waals surface area contributed by atoms with Crippen molar-refractivity contribution >= 4 is 22.0 Å². The highest BCUT2D eigenvalue weighted by Gasteiger charge is 2.41. The number of alkyl carbamates (subject to hydrolysis) is 1. The molecule has 0 bridgehead atoms. The number of amides is 2. The quantitative estimate of drug-likeness (QED) is 0.293. The van der Waals surface area contributed by atoms with Crippen LogP contribution in [0.4, 0.5) is 4.79 Å². The van der Waals surface area contributed by atoms with Gasteiger partial charge in [0.25, 0.3) is 0 Å². The summed E-state index contributed by atoms with van der Waals surface area (Å²) in [6.45, 7) is 0.516. The van der Waals surface area contributed by atoms with E-state index in [4.69, 9.17) is 23.7 Å². The van der Waals surface area contributed by atoms with E-state index in [0.717, 1.165) is 9.87 Å². The van der Waals surface area contributed by atoms with Gasteiger partial charge >= 0.3 is 6.09 Å². The molecule has 3 aliphatic heterocycles. The first-order valence-corrected chi connectivity index (χ1v) is 16.5. The molecule has 3 saturated heterocycles. The fourth-order valence-electron chi connectivity index (χ4n) is 5.96. The third kappa shape index (κ3) is 8.24. The number of hydrogen-bond acceptors (Lipinski definition) is 10. The number of fused-ring (bicyclic) bond motifs is 1. The summed E-state index contributed by atoms with van der Waals surface area (Å²) >= 11 is 0. The molecule has 0 spiro atoms. The van der Waals surface area contributed by atoms with Crippen LogP contribution in [-0.4, -0.2) is 101 Å². The molecule has 246 valence electrons. The Balaban J connectivity index is 1.36. The normalized spacial score (nSPS) is 24.4. The minimum absolute atomic E-state index is 0.00625. The second-order valence-corrected chi connectivity index (χ2v) is 13.4. The summed E-state index contributed by atoms with van der Waals surface area (Å²) in [5.74, 6) is 0.894. The molecule has 3 aliphatic rings. The number of hydrogen-bond donors (Lipinski definition) is 3. The zero-order valence-electron chi connectivity index (χ0n) is 25.4. The Kier molecular flexibility index (Phi) is 10.8. The van der Waals surface area contributed by atoms with Crippen molar-refractivity contribution in [2.45, 2.75) is 67.6 Å². The van der Waals surface area contributed by atoms with Gasteiger partial charge in [0.05, 0.1) is 44.5 Å². The smallest absolute Gasteiger partial charge is 0.407 e. The van der Waals surface area contributed by atoms with E-state index < -0.39 is 46.7 Å². The van der Waals surface area contributed by atoms with E-state index in [1.807, 2.05) is 12.1 Å². The fraction of sp³-hybridized carbons (Fsp3) is 0.548. The van der Waals surface area contributed by atoms with Gasteiger partial charge in [-0.25, -0.2) is 13.2 Å². The van der Waals surface area contributed by atoms with Gasteiger partial charge in [0.1, 0.15) is 17.6 Å². The van der Waals surface area contributed by atoms with E-state index in [1.165, 1.54) is 19.2 Å². The Bertz CT molecular complexity index is 1410. The first kappa shape index (κ1) is 32.9. The summed E-state index contributed by atoms with van der Waals surface area (Å²) in [5.41, 5.74) is 0.781. The molecule has 0 aromatic heterocycles. The minimum Gasteiger partial charge on any atom is -0.497 e. The van der Waals surface area contributed by atoms with Gasteiger partial charge in [-0.2, -0.15) is 4.31 Å². The Morgan fingerprint density at radius 3 is 2.29 bits per heavy atom. The van der Waals surface area contributed by atoms with Crippen LogP contribution in [-0.2, 0) is 35.4 Å². The Labute approximate surface area is 263 Å². The number of rotatable bonds is 13. The highest BCUT2D eigenvalue weighted by atomic mass is 32.2. The molecule has 0 saturated carbocycles. The van der Waals surface area contributed by atoms with E-state index >= 15 is 0 Å². The molecule has 5 rings (SSSR count). The second kappa shape index (κ2) is 14.8. The highest BCUT2D eigenvalue weighted by Crippen LogP contribution is 2.32. The molecule has 3 N–H and O–H groups in total. The van der Waals surface area contributed by atoms with Crippen molar-refractivity contribution < 1.29 is 46.8 Å². The van der Waals surface area contributed by atoms with Crippen molar-refractivity contribution in [2.24, 2.45) is 5.92 Å². The molecule has 3 fully saturated rings. The molecule has 3 heterocycles.